The third-order valence-corrected chi connectivity index (χ3v) is 5.45. The van der Waals surface area contributed by atoms with Crippen LogP contribution in [0.5, 0.6) is 17.2 Å². The summed E-state index contributed by atoms with van der Waals surface area (Å²) in [5.41, 5.74) is 2.58. The zero-order valence-electron chi connectivity index (χ0n) is 17.9. The molecule has 1 aliphatic rings. The molecule has 3 aromatic rings. The van der Waals surface area contributed by atoms with Gasteiger partial charge in [-0.2, -0.15) is 5.10 Å². The van der Waals surface area contributed by atoms with E-state index in [0.717, 1.165) is 17.1 Å². The monoisotopic (exact) mass is 422 g/mol. The summed E-state index contributed by atoms with van der Waals surface area (Å²) < 4.78 is 16.1. The normalized spacial score (nSPS) is 13.8. The van der Waals surface area contributed by atoms with Crippen molar-refractivity contribution in [3.05, 3.63) is 54.1 Å². The van der Waals surface area contributed by atoms with Crippen molar-refractivity contribution in [3.8, 4) is 28.5 Å². The van der Waals surface area contributed by atoms with E-state index < -0.39 is 0 Å². The number of nitrogens with one attached hydrogen (secondary N) is 1. The Bertz CT molecular complexity index is 1020. The molecule has 0 saturated carbocycles. The number of hydrogen-bond donors (Lipinski definition) is 1. The molecule has 2 heterocycles. The highest BCUT2D eigenvalue weighted by atomic mass is 16.5. The summed E-state index contributed by atoms with van der Waals surface area (Å²) in [5.74, 6) is 2.23. The largest absolute Gasteiger partial charge is 0.493 e. The maximum atomic E-state index is 13.1. The molecule has 1 saturated heterocycles. The average molecular weight is 422 g/mol. The standard InChI is InChI=1S/C23H26N4O4/c1-29-19-13-17(14-20(30-2)22(19)31-3)23(28)27-11-9-26(10-12-27)21-15-18(24-25-21)16-7-5-4-6-8-16/h4-8,13-15H,9-12H2,1-3H3,(H,24,25). The van der Waals surface area contributed by atoms with E-state index in [2.05, 4.69) is 15.1 Å². The molecule has 1 aromatic heterocycles. The maximum Gasteiger partial charge on any atom is 0.254 e. The molecule has 2 aromatic carbocycles. The molecule has 0 aliphatic carbocycles. The van der Waals surface area contributed by atoms with Gasteiger partial charge in [-0.3, -0.25) is 9.89 Å². The molecule has 8 heteroatoms. The van der Waals surface area contributed by atoms with Crippen molar-refractivity contribution in [3.63, 3.8) is 0 Å². The van der Waals surface area contributed by atoms with Crippen LogP contribution in [0.25, 0.3) is 11.3 Å². The fourth-order valence-electron chi connectivity index (χ4n) is 3.76. The number of ether oxygens (including phenoxy) is 3. The minimum atomic E-state index is -0.0640. The number of methoxy groups -OCH3 is 3. The van der Waals surface area contributed by atoms with E-state index in [1.165, 1.54) is 14.2 Å². The van der Waals surface area contributed by atoms with Gasteiger partial charge in [-0.25, -0.2) is 0 Å². The number of aromatic nitrogens is 2. The predicted octanol–water partition coefficient (Wildman–Crippen LogP) is 3.06. The van der Waals surface area contributed by atoms with E-state index in [-0.39, 0.29) is 5.91 Å². The lowest BCUT2D eigenvalue weighted by Gasteiger charge is -2.35. The van der Waals surface area contributed by atoms with Crippen LogP contribution in [0.4, 0.5) is 5.82 Å². The highest BCUT2D eigenvalue weighted by Crippen LogP contribution is 2.38. The van der Waals surface area contributed by atoms with E-state index in [4.69, 9.17) is 14.2 Å². The highest BCUT2D eigenvalue weighted by molar-refractivity contribution is 5.95. The van der Waals surface area contributed by atoms with Gasteiger partial charge in [-0.1, -0.05) is 30.3 Å². The number of benzene rings is 2. The molecule has 162 valence electrons. The topological polar surface area (TPSA) is 79.9 Å². The van der Waals surface area contributed by atoms with E-state index in [1.54, 1.807) is 19.2 Å². The van der Waals surface area contributed by atoms with E-state index in [9.17, 15) is 4.79 Å². The first-order valence-corrected chi connectivity index (χ1v) is 10.1. The number of carbonyl (C=O) groups excluding carboxylic acids is 1. The zero-order chi connectivity index (χ0) is 21.8. The zero-order valence-corrected chi connectivity index (χ0v) is 17.9. The number of anilines is 1. The highest BCUT2D eigenvalue weighted by Gasteiger charge is 2.25. The summed E-state index contributed by atoms with van der Waals surface area (Å²) in [6.07, 6.45) is 0. The number of hydrogen-bond acceptors (Lipinski definition) is 6. The van der Waals surface area contributed by atoms with Gasteiger partial charge in [0.15, 0.2) is 17.3 Å². The van der Waals surface area contributed by atoms with E-state index in [0.29, 0.717) is 49.0 Å². The van der Waals surface area contributed by atoms with Crippen molar-refractivity contribution < 1.29 is 19.0 Å². The summed E-state index contributed by atoms with van der Waals surface area (Å²) in [7, 11) is 4.62. The first-order valence-electron chi connectivity index (χ1n) is 10.1. The van der Waals surface area contributed by atoms with Gasteiger partial charge in [-0.05, 0) is 17.7 Å². The number of piperazine rings is 1. The lowest BCUT2D eigenvalue weighted by atomic mass is 10.1. The quantitative estimate of drug-likeness (QED) is 0.658. The van der Waals surface area contributed by atoms with Crippen molar-refractivity contribution in [2.75, 3.05) is 52.4 Å². The smallest absolute Gasteiger partial charge is 0.254 e. The molecule has 4 rings (SSSR count). The Morgan fingerprint density at radius 2 is 1.55 bits per heavy atom. The Balaban J connectivity index is 1.44. The van der Waals surface area contributed by atoms with Gasteiger partial charge in [0.1, 0.15) is 0 Å². The van der Waals surface area contributed by atoms with E-state index in [1.807, 2.05) is 41.3 Å². The van der Waals surface area contributed by atoms with Crippen molar-refractivity contribution in [1.29, 1.82) is 0 Å². The second kappa shape index (κ2) is 8.99. The van der Waals surface area contributed by atoms with Crippen LogP contribution in [-0.4, -0.2) is 68.5 Å². The SMILES string of the molecule is COc1cc(C(=O)N2CCN(c3cc(-c4ccccc4)[nH]n3)CC2)cc(OC)c1OC. The van der Waals surface area contributed by atoms with Gasteiger partial charge in [0, 0.05) is 37.8 Å². The average Bonchev–Trinajstić information content (AvgIpc) is 3.33. The van der Waals surface area contributed by atoms with Crippen molar-refractivity contribution in [1.82, 2.24) is 15.1 Å². The molecule has 0 radical (unpaired) electrons. The fourth-order valence-corrected chi connectivity index (χ4v) is 3.76. The van der Waals surface area contributed by atoms with Gasteiger partial charge in [0.25, 0.3) is 5.91 Å². The Kier molecular flexibility index (Phi) is 5.97. The molecule has 0 atom stereocenters. The molecule has 0 spiro atoms. The molecule has 0 bridgehead atoms. The predicted molar refractivity (Wildman–Crippen MR) is 118 cm³/mol. The van der Waals surface area contributed by atoms with Gasteiger partial charge < -0.3 is 24.0 Å². The molecule has 1 amide bonds. The summed E-state index contributed by atoms with van der Waals surface area (Å²) in [4.78, 5) is 17.1. The number of amides is 1. The number of nitrogens with zero attached hydrogens (tertiary/aromatic N) is 3. The third kappa shape index (κ3) is 4.14. The summed E-state index contributed by atoms with van der Waals surface area (Å²) in [6.45, 7) is 2.61. The van der Waals surface area contributed by atoms with Crippen LogP contribution >= 0.6 is 0 Å². The molecular weight excluding hydrogens is 396 g/mol. The van der Waals surface area contributed by atoms with Gasteiger partial charge in [0.2, 0.25) is 5.75 Å². The Morgan fingerprint density at radius 1 is 0.903 bits per heavy atom. The molecule has 1 fully saturated rings. The summed E-state index contributed by atoms with van der Waals surface area (Å²) >= 11 is 0. The Morgan fingerprint density at radius 3 is 2.13 bits per heavy atom. The first-order chi connectivity index (χ1) is 15.1. The third-order valence-electron chi connectivity index (χ3n) is 5.45. The van der Waals surface area contributed by atoms with Crippen molar-refractivity contribution in [2.24, 2.45) is 0 Å². The van der Waals surface area contributed by atoms with Crippen molar-refractivity contribution in [2.45, 2.75) is 0 Å². The maximum absolute atomic E-state index is 13.1. The van der Waals surface area contributed by atoms with Crippen LogP contribution in [0.3, 0.4) is 0 Å². The van der Waals surface area contributed by atoms with Crippen LogP contribution in [0.15, 0.2) is 48.5 Å². The Hall–Kier alpha value is -3.68. The minimum absolute atomic E-state index is 0.0640. The van der Waals surface area contributed by atoms with E-state index >= 15 is 0 Å². The van der Waals surface area contributed by atoms with Gasteiger partial charge in [0.05, 0.1) is 27.0 Å². The number of aromatic amines is 1. The van der Waals surface area contributed by atoms with Gasteiger partial charge >= 0.3 is 0 Å². The Labute approximate surface area is 181 Å². The fraction of sp³-hybridized carbons (Fsp3) is 0.304. The minimum Gasteiger partial charge on any atom is -0.493 e. The first kappa shape index (κ1) is 20.6. The van der Waals surface area contributed by atoms with Gasteiger partial charge in [-0.15, -0.1) is 0 Å². The summed E-state index contributed by atoms with van der Waals surface area (Å²) in [6, 6.07) is 15.5. The molecule has 0 unspecified atom stereocenters. The van der Waals surface area contributed by atoms with Crippen LogP contribution < -0.4 is 19.1 Å². The lowest BCUT2D eigenvalue weighted by Crippen LogP contribution is -2.49. The number of rotatable bonds is 6. The van der Waals surface area contributed by atoms with Crippen molar-refractivity contribution >= 4 is 11.7 Å². The molecule has 1 aliphatic heterocycles. The number of H-pyrrole nitrogens is 1. The second-order valence-corrected chi connectivity index (χ2v) is 7.20. The molecular formula is C23H26N4O4. The van der Waals surface area contributed by atoms with Crippen LogP contribution in [-0.2, 0) is 0 Å². The summed E-state index contributed by atoms with van der Waals surface area (Å²) in [5, 5.41) is 7.56. The lowest BCUT2D eigenvalue weighted by molar-refractivity contribution is 0.0745. The van der Waals surface area contributed by atoms with Crippen LogP contribution in [0, 0.1) is 0 Å². The van der Waals surface area contributed by atoms with Crippen LogP contribution in [0.2, 0.25) is 0 Å². The van der Waals surface area contributed by atoms with Crippen LogP contribution in [0.1, 0.15) is 10.4 Å². The second-order valence-electron chi connectivity index (χ2n) is 7.20. The molecule has 1 N–H and O–H groups in total. The number of carbonyl (C=O) groups is 1. The molecule has 31 heavy (non-hydrogen) atoms. The molecule has 8 nitrogen and oxygen atoms in total.